The van der Waals surface area contributed by atoms with Crippen LogP contribution in [-0.2, 0) is 73.5 Å². The zero-order valence-electron chi connectivity index (χ0n) is 40.0. The minimum absolute atomic E-state index is 0.161. The number of fused-ring (bicyclic) bond motifs is 1. The van der Waals surface area contributed by atoms with Gasteiger partial charge in [0.25, 0.3) is 0 Å². The average molecular weight is 959 g/mol. The summed E-state index contributed by atoms with van der Waals surface area (Å²) in [5, 5.41) is 2.13. The van der Waals surface area contributed by atoms with Crippen LogP contribution in [0.2, 0.25) is 19.6 Å². The quantitative estimate of drug-likeness (QED) is 0.0481. The van der Waals surface area contributed by atoms with Gasteiger partial charge in [-0.3, -0.25) is 0 Å². The highest BCUT2D eigenvalue weighted by Gasteiger charge is 2.52. The highest BCUT2D eigenvalue weighted by molar-refractivity contribution is 7.99. The number of hydrogen-bond acceptors (Lipinski definition) is 11. The van der Waals surface area contributed by atoms with E-state index in [2.05, 4.69) is 69.0 Å². The van der Waals surface area contributed by atoms with Crippen LogP contribution in [-0.4, -0.2) is 88.8 Å². The third kappa shape index (κ3) is 13.5. The van der Waals surface area contributed by atoms with E-state index < -0.39 is 69.1 Å². The molecular weight excluding hydrogens is 893 g/mol. The van der Waals surface area contributed by atoms with Gasteiger partial charge in [0.05, 0.1) is 39.1 Å². The molecule has 0 bridgehead atoms. The molecule has 2 fully saturated rings. The number of thioether (sulfide) groups is 1. The molecule has 0 saturated carbocycles. The molecule has 12 heteroatoms. The predicted octanol–water partition coefficient (Wildman–Crippen LogP) is 11.3. The highest BCUT2D eigenvalue weighted by Crippen LogP contribution is 2.40. The van der Waals surface area contributed by atoms with Gasteiger partial charge in [-0.1, -0.05) is 158 Å². The first-order valence-electron chi connectivity index (χ1n) is 23.6. The molecular formula is C56H66O10SSi. The maximum atomic E-state index is 7.55. The normalized spacial score (nSPS) is 25.9. The molecule has 6 aromatic rings. The Morgan fingerprint density at radius 2 is 1.03 bits per heavy atom. The Morgan fingerprint density at radius 1 is 0.529 bits per heavy atom. The lowest BCUT2D eigenvalue weighted by Crippen LogP contribution is -2.63. The van der Waals surface area contributed by atoms with Crippen molar-refractivity contribution in [3.8, 4) is 0 Å². The molecule has 11 atom stereocenters. The lowest BCUT2D eigenvalue weighted by molar-refractivity contribution is -0.349. The molecule has 8 rings (SSSR count). The van der Waals surface area contributed by atoms with Gasteiger partial charge in [-0.25, -0.2) is 0 Å². The van der Waals surface area contributed by atoms with Gasteiger partial charge >= 0.3 is 0 Å². The van der Waals surface area contributed by atoms with Crippen molar-refractivity contribution in [2.24, 2.45) is 0 Å². The summed E-state index contributed by atoms with van der Waals surface area (Å²) in [6, 6.07) is 55.0. The monoisotopic (exact) mass is 958 g/mol. The van der Waals surface area contributed by atoms with Crippen molar-refractivity contribution < 1.29 is 47.1 Å². The summed E-state index contributed by atoms with van der Waals surface area (Å²) in [7, 11) is -0.608. The summed E-state index contributed by atoms with van der Waals surface area (Å²) >= 11 is 1.58. The first kappa shape index (κ1) is 50.1. The maximum absolute atomic E-state index is 7.55. The molecule has 0 spiro atoms. The van der Waals surface area contributed by atoms with Crippen LogP contribution in [0, 0.1) is 0 Å². The van der Waals surface area contributed by atoms with E-state index in [1.54, 1.807) is 18.9 Å². The predicted molar refractivity (Wildman–Crippen MR) is 269 cm³/mol. The maximum Gasteiger partial charge on any atom is 0.186 e. The van der Waals surface area contributed by atoms with Gasteiger partial charge in [0, 0.05) is 12.7 Å². The van der Waals surface area contributed by atoms with E-state index in [4.69, 9.17) is 47.1 Å². The Kier molecular flexibility index (Phi) is 18.1. The Balaban J connectivity index is 1.20. The molecule has 6 aromatic carbocycles. The second-order valence-corrected chi connectivity index (χ2v) is 23.7. The summed E-state index contributed by atoms with van der Waals surface area (Å²) < 4.78 is 69.2. The van der Waals surface area contributed by atoms with E-state index in [9.17, 15) is 0 Å². The number of hydrogen-bond donors (Lipinski definition) is 0. The number of benzene rings is 6. The van der Waals surface area contributed by atoms with E-state index in [0.717, 1.165) is 38.6 Å². The molecule has 0 aliphatic carbocycles. The summed E-state index contributed by atoms with van der Waals surface area (Å²) in [4.78, 5) is 0. The molecule has 2 aliphatic heterocycles. The molecule has 0 N–H and O–H groups in total. The number of ether oxygens (including phenoxy) is 9. The fourth-order valence-corrected chi connectivity index (χ4v) is 10.7. The molecule has 2 heterocycles. The standard InChI is InChI=1S/C56H66O10SSi/c1-39-48(59-35-41-23-13-8-14-24-41)51(66-68(4,5)6)53(56(62-39)67-3)65-54(46-32-31-44-29-19-20-30-45(44)33-46)64-49-47(38-58-34-40-21-11-7-12-22-40)63-55(57-2)52(61-37-43-27-17-10-18-28-43)50(49)60-36-42-25-15-9-16-26-42/h7-33,39,47-56H,34-38H2,1-6H3/t39-,47+,48-,49+,50-,51+,52+,53+,54?,55-,56-/m0/s1. The third-order valence-electron chi connectivity index (χ3n) is 12.1. The third-order valence-corrected chi connectivity index (χ3v) is 14.0. The SMILES string of the molecule is CO[C@H]1O[C@H](COCc2ccccc2)[C@@H](OC(O[C@@H]2[C@H](O[Si](C)(C)C)[C@@H](OCc3ccccc3)[C@H](C)O[C@H]2SC)c2ccc3ccccc3c2)[C@H](OCc2ccccc2)[C@H]1OCc1ccccc1. The molecule has 68 heavy (non-hydrogen) atoms. The van der Waals surface area contributed by atoms with Crippen molar-refractivity contribution in [3.05, 3.63) is 192 Å². The van der Waals surface area contributed by atoms with Crippen LogP contribution in [0.3, 0.4) is 0 Å². The van der Waals surface area contributed by atoms with E-state index in [1.807, 2.05) is 128 Å². The highest BCUT2D eigenvalue weighted by atomic mass is 32.2. The largest absolute Gasteiger partial charge is 0.409 e. The van der Waals surface area contributed by atoms with Crippen molar-refractivity contribution in [3.63, 3.8) is 0 Å². The summed E-state index contributed by atoms with van der Waals surface area (Å²) in [5.41, 5.74) is 4.47. The van der Waals surface area contributed by atoms with Gasteiger partial charge in [-0.2, -0.15) is 0 Å². The van der Waals surface area contributed by atoms with Gasteiger partial charge in [0.15, 0.2) is 20.9 Å². The van der Waals surface area contributed by atoms with Crippen LogP contribution < -0.4 is 0 Å². The van der Waals surface area contributed by atoms with Gasteiger partial charge < -0.3 is 47.1 Å². The summed E-state index contributed by atoms with van der Waals surface area (Å²) in [5.74, 6) is 0. The Bertz CT molecular complexity index is 2390. The number of methoxy groups -OCH3 is 1. The first-order valence-corrected chi connectivity index (χ1v) is 28.3. The van der Waals surface area contributed by atoms with Gasteiger partial charge in [-0.15, -0.1) is 11.8 Å². The molecule has 2 saturated heterocycles. The average Bonchev–Trinajstić information content (AvgIpc) is 3.36. The van der Waals surface area contributed by atoms with Gasteiger partial charge in [0.1, 0.15) is 48.2 Å². The van der Waals surface area contributed by atoms with E-state index in [1.165, 1.54) is 0 Å². The molecule has 0 amide bonds. The van der Waals surface area contributed by atoms with Crippen molar-refractivity contribution in [1.82, 2.24) is 0 Å². The molecule has 1 unspecified atom stereocenters. The molecule has 10 nitrogen and oxygen atoms in total. The van der Waals surface area contributed by atoms with Crippen molar-refractivity contribution in [2.45, 2.75) is 120 Å². The van der Waals surface area contributed by atoms with Crippen LogP contribution in [0.15, 0.2) is 164 Å². The minimum atomic E-state index is -2.24. The van der Waals surface area contributed by atoms with Crippen LogP contribution in [0.25, 0.3) is 10.8 Å². The zero-order chi connectivity index (χ0) is 47.3. The fourth-order valence-electron chi connectivity index (χ4n) is 8.81. The van der Waals surface area contributed by atoms with Crippen LogP contribution in [0.4, 0.5) is 0 Å². The van der Waals surface area contributed by atoms with Crippen LogP contribution >= 0.6 is 11.8 Å². The molecule has 0 radical (unpaired) electrons. The van der Waals surface area contributed by atoms with Crippen molar-refractivity contribution in [1.29, 1.82) is 0 Å². The topological polar surface area (TPSA) is 92.3 Å². The zero-order valence-corrected chi connectivity index (χ0v) is 41.8. The molecule has 360 valence electrons. The van der Waals surface area contributed by atoms with Gasteiger partial charge in [0.2, 0.25) is 0 Å². The van der Waals surface area contributed by atoms with Gasteiger partial charge in [-0.05, 0) is 71.9 Å². The van der Waals surface area contributed by atoms with Crippen molar-refractivity contribution in [2.75, 3.05) is 20.0 Å². The first-order chi connectivity index (χ1) is 33.2. The second-order valence-electron chi connectivity index (χ2n) is 18.3. The summed E-state index contributed by atoms with van der Waals surface area (Å²) in [6.07, 6.45) is -4.62. The lowest BCUT2D eigenvalue weighted by Gasteiger charge is -2.49. The van der Waals surface area contributed by atoms with E-state index >= 15 is 0 Å². The smallest absolute Gasteiger partial charge is 0.186 e. The Labute approximate surface area is 407 Å². The fraction of sp³-hybridized carbons (Fsp3) is 0.393. The van der Waals surface area contributed by atoms with E-state index in [0.29, 0.717) is 19.8 Å². The van der Waals surface area contributed by atoms with E-state index in [-0.39, 0.29) is 19.3 Å². The Hall–Kier alpha value is -4.25. The van der Waals surface area contributed by atoms with Crippen LogP contribution in [0.5, 0.6) is 0 Å². The minimum Gasteiger partial charge on any atom is -0.409 e. The molecule has 2 aliphatic rings. The summed E-state index contributed by atoms with van der Waals surface area (Å²) in [6.45, 7) is 10.1. The number of rotatable bonds is 22. The Morgan fingerprint density at radius 3 is 1.57 bits per heavy atom. The lowest BCUT2D eigenvalue weighted by atomic mass is 9.97. The van der Waals surface area contributed by atoms with Crippen LogP contribution in [0.1, 0.15) is 41.0 Å². The second kappa shape index (κ2) is 24.5. The molecule has 0 aromatic heterocycles. The van der Waals surface area contributed by atoms with Crippen molar-refractivity contribution >= 4 is 30.9 Å².